The number of hydrogen-bond donors (Lipinski definition) is 1. The minimum atomic E-state index is -4.59. The first kappa shape index (κ1) is 18.6. The molecule has 7 heteroatoms. The summed E-state index contributed by atoms with van der Waals surface area (Å²) in [5.74, 6) is -0.868. The Balaban J connectivity index is 2.94. The van der Waals surface area contributed by atoms with Gasteiger partial charge in [-0.3, -0.25) is 4.79 Å². The predicted octanol–water partition coefficient (Wildman–Crippen LogP) is 3.78. The van der Waals surface area contributed by atoms with Gasteiger partial charge < -0.3 is 10.2 Å². The fraction of sp³-hybridized carbons (Fsp3) is 0.375. The highest BCUT2D eigenvalue weighted by Gasteiger charge is 2.33. The van der Waals surface area contributed by atoms with E-state index >= 15 is 0 Å². The van der Waals surface area contributed by atoms with Crippen molar-refractivity contribution in [2.45, 2.75) is 25.9 Å². The lowest BCUT2D eigenvalue weighted by atomic mass is 10.1. The topological polar surface area (TPSA) is 56.1 Å². The SMILES string of the molecule is CCCCN(C)/C=C(/C#N)C(=O)Nc1ccccc1C(F)(F)F. The van der Waals surface area contributed by atoms with E-state index in [4.69, 9.17) is 5.26 Å². The van der Waals surface area contributed by atoms with Gasteiger partial charge in [0.25, 0.3) is 5.91 Å². The molecule has 0 unspecified atom stereocenters. The fourth-order valence-electron chi connectivity index (χ4n) is 1.86. The van der Waals surface area contributed by atoms with Gasteiger partial charge in [0.2, 0.25) is 0 Å². The summed E-state index contributed by atoms with van der Waals surface area (Å²) in [7, 11) is 1.70. The van der Waals surface area contributed by atoms with Crippen LogP contribution in [-0.4, -0.2) is 24.4 Å². The second-order valence-electron chi connectivity index (χ2n) is 4.99. The Morgan fingerprint density at radius 2 is 2.04 bits per heavy atom. The number of halogens is 3. The van der Waals surface area contributed by atoms with Crippen molar-refractivity contribution in [3.8, 4) is 6.07 Å². The Morgan fingerprint density at radius 3 is 2.61 bits per heavy atom. The Bertz CT molecular complexity index is 618. The van der Waals surface area contributed by atoms with Crippen molar-refractivity contribution < 1.29 is 18.0 Å². The van der Waals surface area contributed by atoms with Gasteiger partial charge in [-0.1, -0.05) is 25.5 Å². The number of nitriles is 1. The molecule has 0 saturated heterocycles. The number of carbonyl (C=O) groups excluding carboxylic acids is 1. The van der Waals surface area contributed by atoms with Gasteiger partial charge in [-0.2, -0.15) is 18.4 Å². The maximum atomic E-state index is 12.9. The van der Waals surface area contributed by atoms with Crippen molar-refractivity contribution >= 4 is 11.6 Å². The molecule has 23 heavy (non-hydrogen) atoms. The molecule has 0 saturated carbocycles. The molecule has 0 aliphatic rings. The number of nitrogens with one attached hydrogen (secondary N) is 1. The molecule has 0 spiro atoms. The summed E-state index contributed by atoms with van der Waals surface area (Å²) in [5, 5.41) is 11.2. The van der Waals surface area contributed by atoms with Crippen molar-refractivity contribution in [1.82, 2.24) is 4.90 Å². The molecule has 0 aromatic heterocycles. The Morgan fingerprint density at radius 1 is 1.39 bits per heavy atom. The monoisotopic (exact) mass is 325 g/mol. The normalized spacial score (nSPS) is 11.7. The summed E-state index contributed by atoms with van der Waals surface area (Å²) in [5.41, 5.74) is -1.58. The van der Waals surface area contributed by atoms with Crippen LogP contribution in [0.25, 0.3) is 0 Å². The number of anilines is 1. The van der Waals surface area contributed by atoms with Crippen molar-refractivity contribution in [1.29, 1.82) is 5.26 Å². The van der Waals surface area contributed by atoms with Crippen LogP contribution in [0, 0.1) is 11.3 Å². The van der Waals surface area contributed by atoms with E-state index in [0.29, 0.717) is 6.54 Å². The molecule has 0 fully saturated rings. The van der Waals surface area contributed by atoms with Crippen LogP contribution < -0.4 is 5.32 Å². The van der Waals surface area contributed by atoms with Crippen molar-refractivity contribution in [3.63, 3.8) is 0 Å². The zero-order chi connectivity index (χ0) is 17.5. The largest absolute Gasteiger partial charge is 0.418 e. The van der Waals surface area contributed by atoms with Crippen molar-refractivity contribution in [2.24, 2.45) is 0 Å². The van der Waals surface area contributed by atoms with Crippen LogP contribution >= 0.6 is 0 Å². The highest BCUT2D eigenvalue weighted by molar-refractivity contribution is 6.06. The standard InChI is InChI=1S/C16H18F3N3O/c1-3-4-9-22(2)11-12(10-20)15(23)21-14-8-6-5-7-13(14)16(17,18)19/h5-8,11H,3-4,9H2,1-2H3,(H,21,23)/b12-11-. The molecule has 0 bridgehead atoms. The van der Waals surface area contributed by atoms with Gasteiger partial charge in [0.15, 0.2) is 0 Å². The molecule has 1 amide bonds. The zero-order valence-corrected chi connectivity index (χ0v) is 12.9. The van der Waals surface area contributed by atoms with E-state index in [1.165, 1.54) is 18.3 Å². The molecule has 0 aliphatic heterocycles. The van der Waals surface area contributed by atoms with E-state index in [1.807, 2.05) is 6.92 Å². The van der Waals surface area contributed by atoms with E-state index in [-0.39, 0.29) is 11.3 Å². The number of nitrogens with zero attached hydrogens (tertiary/aromatic N) is 2. The van der Waals surface area contributed by atoms with Crippen LogP contribution in [0.1, 0.15) is 25.3 Å². The number of hydrogen-bond acceptors (Lipinski definition) is 3. The van der Waals surface area contributed by atoms with E-state index in [2.05, 4.69) is 5.32 Å². The smallest absolute Gasteiger partial charge is 0.379 e. The number of unbranched alkanes of at least 4 members (excludes halogenated alkanes) is 1. The maximum Gasteiger partial charge on any atom is 0.418 e. The number of carbonyl (C=O) groups is 1. The summed E-state index contributed by atoms with van der Waals surface area (Å²) >= 11 is 0. The first-order valence-corrected chi connectivity index (χ1v) is 7.09. The van der Waals surface area contributed by atoms with E-state index in [9.17, 15) is 18.0 Å². The van der Waals surface area contributed by atoms with Crippen LogP contribution in [0.4, 0.5) is 18.9 Å². The Hall–Kier alpha value is -2.49. The first-order chi connectivity index (χ1) is 10.8. The molecule has 1 N–H and O–H groups in total. The highest BCUT2D eigenvalue weighted by atomic mass is 19.4. The minimum absolute atomic E-state index is 0.249. The fourth-order valence-corrected chi connectivity index (χ4v) is 1.86. The summed E-state index contributed by atoms with van der Waals surface area (Å²) in [6.07, 6.45) is -1.42. The molecule has 0 heterocycles. The van der Waals surface area contributed by atoms with Gasteiger partial charge in [0, 0.05) is 19.8 Å². The average molecular weight is 325 g/mol. The third kappa shape index (κ3) is 5.66. The Labute approximate surface area is 133 Å². The van der Waals surface area contributed by atoms with Crippen LogP contribution in [0.2, 0.25) is 0 Å². The van der Waals surface area contributed by atoms with Crippen LogP contribution in [0.5, 0.6) is 0 Å². The minimum Gasteiger partial charge on any atom is -0.379 e. The summed E-state index contributed by atoms with van der Waals surface area (Å²) < 4.78 is 38.7. The number of amides is 1. The van der Waals surface area contributed by atoms with Gasteiger partial charge in [-0.15, -0.1) is 0 Å². The van der Waals surface area contributed by atoms with Crippen LogP contribution in [0.3, 0.4) is 0 Å². The molecular weight excluding hydrogens is 307 g/mol. The van der Waals surface area contributed by atoms with E-state index in [0.717, 1.165) is 25.0 Å². The molecule has 0 radical (unpaired) electrons. The van der Waals surface area contributed by atoms with E-state index in [1.54, 1.807) is 18.0 Å². The molecule has 0 atom stereocenters. The lowest BCUT2D eigenvalue weighted by Crippen LogP contribution is -2.20. The third-order valence-electron chi connectivity index (χ3n) is 3.06. The maximum absolute atomic E-state index is 12.9. The number of benzene rings is 1. The van der Waals surface area contributed by atoms with Gasteiger partial charge >= 0.3 is 6.18 Å². The summed E-state index contributed by atoms with van der Waals surface area (Å²) in [6, 6.07) is 6.35. The Kier molecular flexibility index (Phi) is 6.64. The van der Waals surface area contributed by atoms with E-state index < -0.39 is 17.6 Å². The highest BCUT2D eigenvalue weighted by Crippen LogP contribution is 2.34. The molecule has 1 rings (SSSR count). The van der Waals surface area contributed by atoms with Gasteiger partial charge in [-0.05, 0) is 18.6 Å². The predicted molar refractivity (Wildman–Crippen MR) is 81.3 cm³/mol. The molecule has 124 valence electrons. The molecule has 0 aliphatic carbocycles. The molecule has 4 nitrogen and oxygen atoms in total. The van der Waals surface area contributed by atoms with Crippen molar-refractivity contribution in [3.05, 3.63) is 41.6 Å². The summed E-state index contributed by atoms with van der Waals surface area (Å²) in [6.45, 7) is 2.65. The molecule has 1 aromatic carbocycles. The lowest BCUT2D eigenvalue weighted by Gasteiger charge is -2.15. The summed E-state index contributed by atoms with van der Waals surface area (Å²) in [4.78, 5) is 13.7. The van der Waals surface area contributed by atoms with Gasteiger partial charge in [0.1, 0.15) is 11.6 Å². The third-order valence-corrected chi connectivity index (χ3v) is 3.06. The lowest BCUT2D eigenvalue weighted by molar-refractivity contribution is -0.137. The van der Waals surface area contributed by atoms with Crippen molar-refractivity contribution in [2.75, 3.05) is 18.9 Å². The average Bonchev–Trinajstić information content (AvgIpc) is 2.49. The molecule has 1 aromatic rings. The first-order valence-electron chi connectivity index (χ1n) is 7.09. The number of para-hydroxylation sites is 1. The number of rotatable bonds is 6. The van der Waals surface area contributed by atoms with Crippen LogP contribution in [-0.2, 0) is 11.0 Å². The zero-order valence-electron chi connectivity index (χ0n) is 12.9. The quantitative estimate of drug-likeness (QED) is 0.639. The van der Waals surface area contributed by atoms with Gasteiger partial charge in [-0.25, -0.2) is 0 Å². The molecular formula is C16H18F3N3O. The van der Waals surface area contributed by atoms with Gasteiger partial charge in [0.05, 0.1) is 11.3 Å². The van der Waals surface area contributed by atoms with Crippen LogP contribution in [0.15, 0.2) is 36.0 Å². The second-order valence-corrected chi connectivity index (χ2v) is 4.99. The second kappa shape index (κ2) is 8.22. The number of alkyl halides is 3.